The van der Waals surface area contributed by atoms with Crippen LogP contribution in [-0.4, -0.2) is 25.7 Å². The molecule has 0 unspecified atom stereocenters. The normalized spacial score (nSPS) is 12.5. The van der Waals surface area contributed by atoms with Crippen LogP contribution < -0.4 is 10.6 Å². The summed E-state index contributed by atoms with van der Waals surface area (Å²) in [6.07, 6.45) is 1.22. The molecule has 13 heavy (non-hydrogen) atoms. The molecule has 0 aliphatic carbocycles. The summed E-state index contributed by atoms with van der Waals surface area (Å²) in [6.45, 7) is 14.5. The van der Waals surface area contributed by atoms with Gasteiger partial charge in [0.05, 0.1) is 0 Å². The Labute approximate surface area is 83.5 Å². The molecule has 0 aromatic carbocycles. The van der Waals surface area contributed by atoms with E-state index < -0.39 is 0 Å². The predicted molar refractivity (Wildman–Crippen MR) is 60.1 cm³/mol. The van der Waals surface area contributed by atoms with E-state index in [0.29, 0.717) is 11.5 Å². The maximum Gasteiger partial charge on any atom is 0.00103 e. The van der Waals surface area contributed by atoms with Crippen molar-refractivity contribution in [3.8, 4) is 0 Å². The molecule has 2 nitrogen and oxygen atoms in total. The molecule has 0 radical (unpaired) electrons. The average Bonchev–Trinajstić information content (AvgIpc) is 1.93. The highest BCUT2D eigenvalue weighted by molar-refractivity contribution is 4.65. The van der Waals surface area contributed by atoms with Gasteiger partial charge in [0.2, 0.25) is 0 Å². The molecule has 0 heterocycles. The molecule has 0 saturated heterocycles. The Morgan fingerprint density at radius 1 is 1.08 bits per heavy atom. The van der Waals surface area contributed by atoms with Crippen molar-refractivity contribution in [3.63, 3.8) is 0 Å². The quantitative estimate of drug-likeness (QED) is 0.620. The van der Waals surface area contributed by atoms with Crippen LogP contribution >= 0.6 is 0 Å². The van der Waals surface area contributed by atoms with Crippen molar-refractivity contribution in [1.82, 2.24) is 10.6 Å². The van der Waals surface area contributed by atoms with E-state index in [1.165, 1.54) is 6.42 Å². The standard InChI is InChI=1S/C11H26N2/c1-10(2)13-8-6-7-12-9-11(3,4)5/h10,12-13H,6-9H2,1-5H3. The monoisotopic (exact) mass is 186 g/mol. The molecule has 0 bridgehead atoms. The van der Waals surface area contributed by atoms with Crippen molar-refractivity contribution >= 4 is 0 Å². The Hall–Kier alpha value is -0.0800. The Morgan fingerprint density at radius 3 is 2.15 bits per heavy atom. The van der Waals surface area contributed by atoms with E-state index in [-0.39, 0.29) is 0 Å². The fourth-order valence-electron chi connectivity index (χ4n) is 1.07. The van der Waals surface area contributed by atoms with Crippen LogP contribution in [0, 0.1) is 5.41 Å². The fourth-order valence-corrected chi connectivity index (χ4v) is 1.07. The molecule has 0 rings (SSSR count). The van der Waals surface area contributed by atoms with Gasteiger partial charge in [0.25, 0.3) is 0 Å². The Bertz CT molecular complexity index is 114. The first-order valence-corrected chi connectivity index (χ1v) is 5.36. The van der Waals surface area contributed by atoms with Crippen LogP contribution in [0.2, 0.25) is 0 Å². The molecule has 0 aliphatic heterocycles. The van der Waals surface area contributed by atoms with Crippen molar-refractivity contribution in [2.24, 2.45) is 5.41 Å². The molecule has 0 amide bonds. The zero-order valence-electron chi connectivity index (χ0n) is 9.91. The lowest BCUT2D eigenvalue weighted by Crippen LogP contribution is -2.30. The molecule has 0 aromatic heterocycles. The van der Waals surface area contributed by atoms with E-state index >= 15 is 0 Å². The summed E-state index contributed by atoms with van der Waals surface area (Å²) in [5, 5.41) is 6.86. The van der Waals surface area contributed by atoms with Crippen LogP contribution in [0.25, 0.3) is 0 Å². The second-order valence-electron chi connectivity index (χ2n) is 5.20. The minimum absolute atomic E-state index is 0.408. The van der Waals surface area contributed by atoms with Crippen molar-refractivity contribution in [2.75, 3.05) is 19.6 Å². The summed E-state index contributed by atoms with van der Waals surface area (Å²) in [6, 6.07) is 0.614. The van der Waals surface area contributed by atoms with Crippen molar-refractivity contribution in [1.29, 1.82) is 0 Å². The zero-order valence-corrected chi connectivity index (χ0v) is 9.91. The molecular weight excluding hydrogens is 160 g/mol. The van der Waals surface area contributed by atoms with Gasteiger partial charge in [-0.25, -0.2) is 0 Å². The molecular formula is C11H26N2. The smallest absolute Gasteiger partial charge is 0.00103 e. The number of rotatable bonds is 6. The first kappa shape index (κ1) is 12.9. The minimum Gasteiger partial charge on any atom is -0.316 e. The first-order valence-electron chi connectivity index (χ1n) is 5.36. The summed E-state index contributed by atoms with van der Waals surface area (Å²) < 4.78 is 0. The second-order valence-corrected chi connectivity index (χ2v) is 5.20. The third kappa shape index (κ3) is 11.9. The molecule has 2 N–H and O–H groups in total. The van der Waals surface area contributed by atoms with Crippen LogP contribution in [0.5, 0.6) is 0 Å². The summed E-state index contributed by atoms with van der Waals surface area (Å²) >= 11 is 0. The van der Waals surface area contributed by atoms with Gasteiger partial charge in [-0.05, 0) is 31.5 Å². The SMILES string of the molecule is CC(C)NCCCNCC(C)(C)C. The first-order chi connectivity index (χ1) is 5.92. The maximum absolute atomic E-state index is 3.46. The molecule has 0 saturated carbocycles. The summed E-state index contributed by atoms with van der Waals surface area (Å²) in [5.41, 5.74) is 0.408. The number of nitrogens with one attached hydrogen (secondary N) is 2. The lowest BCUT2D eigenvalue weighted by molar-refractivity contribution is 0.377. The molecule has 2 heteroatoms. The van der Waals surface area contributed by atoms with Gasteiger partial charge in [-0.15, -0.1) is 0 Å². The van der Waals surface area contributed by atoms with Gasteiger partial charge >= 0.3 is 0 Å². The highest BCUT2D eigenvalue weighted by atomic mass is 14.9. The average molecular weight is 186 g/mol. The Balaban J connectivity index is 3.09. The van der Waals surface area contributed by atoms with Crippen LogP contribution in [0.15, 0.2) is 0 Å². The molecule has 0 fully saturated rings. The largest absolute Gasteiger partial charge is 0.316 e. The van der Waals surface area contributed by atoms with Gasteiger partial charge in [0, 0.05) is 6.04 Å². The van der Waals surface area contributed by atoms with Gasteiger partial charge in [-0.1, -0.05) is 34.6 Å². The highest BCUT2D eigenvalue weighted by Gasteiger charge is 2.07. The van der Waals surface area contributed by atoms with E-state index in [4.69, 9.17) is 0 Å². The molecule has 0 aliphatic rings. The van der Waals surface area contributed by atoms with Gasteiger partial charge in [-0.2, -0.15) is 0 Å². The van der Waals surface area contributed by atoms with Gasteiger partial charge < -0.3 is 10.6 Å². The van der Waals surface area contributed by atoms with Crippen molar-refractivity contribution < 1.29 is 0 Å². The number of hydrogen-bond acceptors (Lipinski definition) is 2. The van der Waals surface area contributed by atoms with E-state index in [0.717, 1.165) is 19.6 Å². The third-order valence-corrected chi connectivity index (χ3v) is 1.74. The maximum atomic E-state index is 3.46. The Kier molecular flexibility index (Phi) is 6.35. The summed E-state index contributed by atoms with van der Waals surface area (Å²) in [5.74, 6) is 0. The van der Waals surface area contributed by atoms with Crippen LogP contribution in [-0.2, 0) is 0 Å². The van der Waals surface area contributed by atoms with Gasteiger partial charge in [-0.3, -0.25) is 0 Å². The lowest BCUT2D eigenvalue weighted by atomic mass is 9.97. The molecule has 0 atom stereocenters. The predicted octanol–water partition coefficient (Wildman–Crippen LogP) is 2.01. The van der Waals surface area contributed by atoms with E-state index in [9.17, 15) is 0 Å². The zero-order chi connectivity index (χ0) is 10.3. The van der Waals surface area contributed by atoms with Crippen molar-refractivity contribution in [3.05, 3.63) is 0 Å². The van der Waals surface area contributed by atoms with Crippen LogP contribution in [0.1, 0.15) is 41.0 Å². The van der Waals surface area contributed by atoms with Gasteiger partial charge in [0.15, 0.2) is 0 Å². The van der Waals surface area contributed by atoms with Gasteiger partial charge in [0.1, 0.15) is 0 Å². The van der Waals surface area contributed by atoms with Crippen LogP contribution in [0.3, 0.4) is 0 Å². The van der Waals surface area contributed by atoms with E-state index in [1.807, 2.05) is 0 Å². The van der Waals surface area contributed by atoms with E-state index in [1.54, 1.807) is 0 Å². The molecule has 0 spiro atoms. The minimum atomic E-state index is 0.408. The molecule has 80 valence electrons. The summed E-state index contributed by atoms with van der Waals surface area (Å²) in [7, 11) is 0. The van der Waals surface area contributed by atoms with E-state index in [2.05, 4.69) is 45.3 Å². The topological polar surface area (TPSA) is 24.1 Å². The highest BCUT2D eigenvalue weighted by Crippen LogP contribution is 2.09. The van der Waals surface area contributed by atoms with Crippen molar-refractivity contribution in [2.45, 2.75) is 47.1 Å². The second kappa shape index (κ2) is 6.39. The van der Waals surface area contributed by atoms with Crippen LogP contribution in [0.4, 0.5) is 0 Å². The molecule has 0 aromatic rings. The third-order valence-electron chi connectivity index (χ3n) is 1.74. The number of hydrogen-bond donors (Lipinski definition) is 2. The lowest BCUT2D eigenvalue weighted by Gasteiger charge is -2.18. The fraction of sp³-hybridized carbons (Fsp3) is 1.00. The summed E-state index contributed by atoms with van der Waals surface area (Å²) in [4.78, 5) is 0. The Morgan fingerprint density at radius 2 is 1.69 bits per heavy atom.